The Balaban J connectivity index is 1.74. The lowest BCUT2D eigenvalue weighted by Gasteiger charge is -2.06. The second-order valence-corrected chi connectivity index (χ2v) is 4.82. The first-order chi connectivity index (χ1) is 10.8. The Morgan fingerprint density at radius 2 is 1.82 bits per heavy atom. The van der Waals surface area contributed by atoms with Crippen molar-refractivity contribution in [1.29, 1.82) is 0 Å². The SMILES string of the molecule is O=C(/C=C/c1ccc(OCCCc2ccccc2)cc1)NO. The Morgan fingerprint density at radius 3 is 2.50 bits per heavy atom. The number of rotatable bonds is 7. The minimum absolute atomic E-state index is 0.554. The number of amides is 1. The first-order valence-electron chi connectivity index (χ1n) is 7.17. The number of carbonyl (C=O) groups excluding carboxylic acids is 1. The molecule has 4 heteroatoms. The summed E-state index contributed by atoms with van der Waals surface area (Å²) in [4.78, 5) is 10.9. The summed E-state index contributed by atoms with van der Waals surface area (Å²) in [6.07, 6.45) is 4.83. The molecule has 0 bridgehead atoms. The predicted octanol–water partition coefficient (Wildman–Crippen LogP) is 3.22. The molecule has 2 aromatic rings. The van der Waals surface area contributed by atoms with E-state index in [1.807, 2.05) is 42.5 Å². The number of hydrogen-bond donors (Lipinski definition) is 2. The number of hydroxylamine groups is 1. The van der Waals surface area contributed by atoms with Gasteiger partial charge in [-0.25, -0.2) is 5.48 Å². The van der Waals surface area contributed by atoms with Crippen molar-refractivity contribution in [3.05, 3.63) is 71.8 Å². The lowest BCUT2D eigenvalue weighted by atomic mass is 10.1. The normalized spacial score (nSPS) is 10.6. The van der Waals surface area contributed by atoms with Crippen LogP contribution in [-0.4, -0.2) is 17.7 Å². The van der Waals surface area contributed by atoms with Crippen LogP contribution in [0.2, 0.25) is 0 Å². The highest BCUT2D eigenvalue weighted by atomic mass is 16.5. The van der Waals surface area contributed by atoms with Crippen molar-refractivity contribution in [2.24, 2.45) is 0 Å². The van der Waals surface area contributed by atoms with Crippen molar-refractivity contribution in [1.82, 2.24) is 5.48 Å². The fourth-order valence-electron chi connectivity index (χ4n) is 2.00. The third-order valence-electron chi connectivity index (χ3n) is 3.14. The van der Waals surface area contributed by atoms with E-state index in [2.05, 4.69) is 12.1 Å². The van der Waals surface area contributed by atoms with Crippen LogP contribution in [0.25, 0.3) is 6.08 Å². The maximum absolute atomic E-state index is 10.9. The van der Waals surface area contributed by atoms with Crippen LogP contribution in [0.15, 0.2) is 60.7 Å². The van der Waals surface area contributed by atoms with Gasteiger partial charge in [0.1, 0.15) is 5.75 Å². The molecule has 114 valence electrons. The smallest absolute Gasteiger partial charge is 0.267 e. The largest absolute Gasteiger partial charge is 0.494 e. The van der Waals surface area contributed by atoms with E-state index >= 15 is 0 Å². The van der Waals surface area contributed by atoms with E-state index in [1.165, 1.54) is 11.6 Å². The zero-order valence-electron chi connectivity index (χ0n) is 12.2. The predicted molar refractivity (Wildman–Crippen MR) is 85.7 cm³/mol. The van der Waals surface area contributed by atoms with Crippen LogP contribution in [0.4, 0.5) is 0 Å². The minimum atomic E-state index is -0.554. The summed E-state index contributed by atoms with van der Waals surface area (Å²) >= 11 is 0. The number of hydrogen-bond acceptors (Lipinski definition) is 3. The summed E-state index contributed by atoms with van der Waals surface area (Å²) in [5.74, 6) is 0.248. The van der Waals surface area contributed by atoms with Crippen LogP contribution in [0, 0.1) is 0 Å². The van der Waals surface area contributed by atoms with Gasteiger partial charge >= 0.3 is 0 Å². The molecule has 2 aromatic carbocycles. The van der Waals surface area contributed by atoms with Gasteiger partial charge in [0.05, 0.1) is 6.61 Å². The van der Waals surface area contributed by atoms with Crippen LogP contribution < -0.4 is 10.2 Å². The fraction of sp³-hybridized carbons (Fsp3) is 0.167. The highest BCUT2D eigenvalue weighted by molar-refractivity contribution is 5.90. The van der Waals surface area contributed by atoms with Gasteiger partial charge in [-0.2, -0.15) is 0 Å². The van der Waals surface area contributed by atoms with Gasteiger partial charge in [-0.05, 0) is 42.2 Å². The van der Waals surface area contributed by atoms with Gasteiger partial charge < -0.3 is 4.74 Å². The lowest BCUT2D eigenvalue weighted by molar-refractivity contribution is -0.124. The molecule has 2 N–H and O–H groups in total. The summed E-state index contributed by atoms with van der Waals surface area (Å²) < 4.78 is 5.69. The van der Waals surface area contributed by atoms with Crippen molar-refractivity contribution >= 4 is 12.0 Å². The zero-order valence-corrected chi connectivity index (χ0v) is 12.2. The van der Waals surface area contributed by atoms with E-state index in [9.17, 15) is 4.79 Å². The molecule has 4 nitrogen and oxygen atoms in total. The molecule has 0 aliphatic heterocycles. The molecule has 0 spiro atoms. The van der Waals surface area contributed by atoms with E-state index in [1.54, 1.807) is 11.6 Å². The Hall–Kier alpha value is -2.59. The van der Waals surface area contributed by atoms with Gasteiger partial charge in [-0.15, -0.1) is 0 Å². The quantitative estimate of drug-likeness (QED) is 0.357. The zero-order chi connectivity index (χ0) is 15.6. The van der Waals surface area contributed by atoms with E-state index in [4.69, 9.17) is 9.94 Å². The molecular weight excluding hydrogens is 278 g/mol. The van der Waals surface area contributed by atoms with Crippen molar-refractivity contribution in [2.45, 2.75) is 12.8 Å². The van der Waals surface area contributed by atoms with Crippen molar-refractivity contribution < 1.29 is 14.7 Å². The highest BCUT2D eigenvalue weighted by Crippen LogP contribution is 2.14. The van der Waals surface area contributed by atoms with E-state index in [0.717, 1.165) is 24.2 Å². The average Bonchev–Trinajstić information content (AvgIpc) is 2.58. The van der Waals surface area contributed by atoms with Crippen LogP contribution in [0.5, 0.6) is 5.75 Å². The molecular formula is C18H19NO3. The van der Waals surface area contributed by atoms with E-state index < -0.39 is 5.91 Å². The van der Waals surface area contributed by atoms with Crippen molar-refractivity contribution in [2.75, 3.05) is 6.61 Å². The second kappa shape index (κ2) is 8.64. The standard InChI is InChI=1S/C18H19NO3/c20-18(19-21)13-10-16-8-11-17(12-9-16)22-14-4-7-15-5-2-1-3-6-15/h1-3,5-6,8-13,21H,4,7,14H2,(H,19,20)/b13-10+. The summed E-state index contributed by atoms with van der Waals surface area (Å²) in [5.41, 5.74) is 3.72. The summed E-state index contributed by atoms with van der Waals surface area (Å²) in [7, 11) is 0. The highest BCUT2D eigenvalue weighted by Gasteiger charge is 1.96. The minimum Gasteiger partial charge on any atom is -0.494 e. The van der Waals surface area contributed by atoms with E-state index in [-0.39, 0.29) is 0 Å². The molecule has 0 heterocycles. The molecule has 1 amide bonds. The number of nitrogens with one attached hydrogen (secondary N) is 1. The molecule has 0 saturated heterocycles. The summed E-state index contributed by atoms with van der Waals surface area (Å²) in [5, 5.41) is 8.39. The first-order valence-corrected chi connectivity index (χ1v) is 7.17. The van der Waals surface area contributed by atoms with Crippen LogP contribution in [-0.2, 0) is 11.2 Å². The maximum Gasteiger partial charge on any atom is 0.267 e. The van der Waals surface area contributed by atoms with Gasteiger partial charge in [0.25, 0.3) is 5.91 Å². The van der Waals surface area contributed by atoms with Crippen LogP contribution in [0.1, 0.15) is 17.5 Å². The molecule has 0 aliphatic rings. The van der Waals surface area contributed by atoms with Crippen LogP contribution >= 0.6 is 0 Å². The lowest BCUT2D eigenvalue weighted by Crippen LogP contribution is -2.14. The Bertz CT molecular complexity index is 606. The Labute approximate surface area is 130 Å². The Morgan fingerprint density at radius 1 is 1.09 bits per heavy atom. The summed E-state index contributed by atoms with van der Waals surface area (Å²) in [6.45, 7) is 0.664. The van der Waals surface area contributed by atoms with Gasteiger partial charge in [-0.3, -0.25) is 10.0 Å². The molecule has 22 heavy (non-hydrogen) atoms. The molecule has 0 saturated carbocycles. The van der Waals surface area contributed by atoms with Crippen molar-refractivity contribution in [3.63, 3.8) is 0 Å². The molecule has 0 radical (unpaired) electrons. The van der Waals surface area contributed by atoms with Gasteiger partial charge in [0.15, 0.2) is 0 Å². The van der Waals surface area contributed by atoms with Gasteiger partial charge in [0.2, 0.25) is 0 Å². The molecule has 0 fully saturated rings. The third-order valence-corrected chi connectivity index (χ3v) is 3.14. The maximum atomic E-state index is 10.9. The first kappa shape index (κ1) is 15.8. The number of ether oxygens (including phenoxy) is 1. The van der Waals surface area contributed by atoms with Gasteiger partial charge in [-0.1, -0.05) is 42.5 Å². The molecule has 0 aliphatic carbocycles. The third kappa shape index (κ3) is 5.42. The number of carbonyl (C=O) groups is 1. The van der Waals surface area contributed by atoms with Gasteiger partial charge in [0, 0.05) is 6.08 Å². The number of aryl methyl sites for hydroxylation is 1. The fourth-order valence-corrected chi connectivity index (χ4v) is 2.00. The van der Waals surface area contributed by atoms with Crippen molar-refractivity contribution in [3.8, 4) is 5.75 Å². The van der Waals surface area contributed by atoms with Crippen LogP contribution in [0.3, 0.4) is 0 Å². The van der Waals surface area contributed by atoms with E-state index in [0.29, 0.717) is 6.61 Å². The molecule has 0 aromatic heterocycles. The second-order valence-electron chi connectivity index (χ2n) is 4.82. The summed E-state index contributed by atoms with van der Waals surface area (Å²) in [6, 6.07) is 17.8. The molecule has 0 unspecified atom stereocenters. The molecule has 0 atom stereocenters. The number of benzene rings is 2. The average molecular weight is 297 g/mol. The monoisotopic (exact) mass is 297 g/mol. The molecule has 2 rings (SSSR count). The topological polar surface area (TPSA) is 58.6 Å². The Kier molecular flexibility index (Phi) is 6.20.